The maximum absolute atomic E-state index is 13.9. The molecule has 0 saturated heterocycles. The number of pyridine rings is 2. The van der Waals surface area contributed by atoms with Crippen molar-refractivity contribution in [1.82, 2.24) is 25.0 Å². The summed E-state index contributed by atoms with van der Waals surface area (Å²) < 4.78 is 56.6. The Morgan fingerprint density at radius 2 is 1.95 bits per heavy atom. The van der Waals surface area contributed by atoms with Crippen LogP contribution in [0.4, 0.5) is 28.9 Å². The van der Waals surface area contributed by atoms with Crippen molar-refractivity contribution in [2.45, 2.75) is 57.8 Å². The van der Waals surface area contributed by atoms with E-state index in [1.54, 1.807) is 25.1 Å². The fraction of sp³-hybridized carbons (Fsp3) is 0.414. The number of alkyl halides is 3. The summed E-state index contributed by atoms with van der Waals surface area (Å²) in [5, 5.41) is 25.4. The molecular weight excluding hydrogens is 572 g/mol. The van der Waals surface area contributed by atoms with Gasteiger partial charge in [-0.3, -0.25) is 4.98 Å². The summed E-state index contributed by atoms with van der Waals surface area (Å²) in [5.41, 5.74) is 0.696. The van der Waals surface area contributed by atoms with Crippen LogP contribution in [0.2, 0.25) is 5.02 Å². The standard InChI is InChI=1S/C29H27ClF4N8/c1-15-19(4-5-23(31)38-15)26(22-13-42(41-40-22)28-8-16(9-28)10-28)39-18-6-20-24(37-14-27(2,3)29(32,33)34)17(11-35)12-36-25(20)21(30)7-18/h4-7,12-13,16,26,39H,8-10,14H2,1-3H3,(H,36,37)/t16?,26-,28?/m0/s1. The molecule has 8 nitrogen and oxygen atoms in total. The van der Waals surface area contributed by atoms with E-state index < -0.39 is 30.1 Å². The molecule has 3 aliphatic rings. The molecule has 0 amide bonds. The third-order valence-corrected chi connectivity index (χ3v) is 8.82. The van der Waals surface area contributed by atoms with Gasteiger partial charge >= 0.3 is 6.18 Å². The highest BCUT2D eigenvalue weighted by molar-refractivity contribution is 6.35. The number of aromatic nitrogens is 5. The zero-order chi connectivity index (χ0) is 30.0. The molecular formula is C29H27ClF4N8. The van der Waals surface area contributed by atoms with E-state index >= 15 is 0 Å². The zero-order valence-corrected chi connectivity index (χ0v) is 23.8. The minimum atomic E-state index is -4.47. The van der Waals surface area contributed by atoms with Gasteiger partial charge in [0.25, 0.3) is 0 Å². The lowest BCUT2D eigenvalue weighted by atomic mass is 9.50. The molecule has 4 aromatic rings. The molecule has 3 saturated carbocycles. The maximum atomic E-state index is 13.9. The molecule has 7 rings (SSSR count). The number of hydrogen-bond acceptors (Lipinski definition) is 7. The minimum Gasteiger partial charge on any atom is -0.382 e. The molecule has 0 aliphatic heterocycles. The lowest BCUT2D eigenvalue weighted by Crippen LogP contribution is -2.59. The third-order valence-electron chi connectivity index (χ3n) is 8.53. The smallest absolute Gasteiger partial charge is 0.382 e. The first-order valence-corrected chi connectivity index (χ1v) is 13.8. The quantitative estimate of drug-likeness (QED) is 0.168. The van der Waals surface area contributed by atoms with Crippen molar-refractivity contribution in [2.75, 3.05) is 17.2 Å². The van der Waals surface area contributed by atoms with Gasteiger partial charge in [0.2, 0.25) is 5.95 Å². The number of fused-ring (bicyclic) bond motifs is 1. The third kappa shape index (κ3) is 4.69. The first-order valence-electron chi connectivity index (χ1n) is 13.5. The van der Waals surface area contributed by atoms with Gasteiger partial charge in [-0.25, -0.2) is 9.67 Å². The Hall–Kier alpha value is -3.98. The number of hydrogen-bond donors (Lipinski definition) is 2. The van der Waals surface area contributed by atoms with Crippen molar-refractivity contribution in [3.05, 3.63) is 70.1 Å². The number of nitrogens with zero attached hydrogens (tertiary/aromatic N) is 6. The van der Waals surface area contributed by atoms with E-state index in [1.165, 1.54) is 12.3 Å². The van der Waals surface area contributed by atoms with Crippen molar-refractivity contribution in [2.24, 2.45) is 11.3 Å². The van der Waals surface area contributed by atoms with Crippen LogP contribution < -0.4 is 10.6 Å². The number of nitrogens with one attached hydrogen (secondary N) is 2. The first-order chi connectivity index (χ1) is 19.8. The Labute approximate surface area is 244 Å². The van der Waals surface area contributed by atoms with Gasteiger partial charge in [0, 0.05) is 35.1 Å². The van der Waals surface area contributed by atoms with E-state index in [2.05, 4.69) is 30.9 Å². The first kappa shape index (κ1) is 28.2. The lowest BCUT2D eigenvalue weighted by Gasteiger charge is -2.61. The van der Waals surface area contributed by atoms with Crippen molar-refractivity contribution in [1.29, 1.82) is 5.26 Å². The molecule has 3 fully saturated rings. The highest BCUT2D eigenvalue weighted by Crippen LogP contribution is 2.62. The zero-order valence-electron chi connectivity index (χ0n) is 23.0. The van der Waals surface area contributed by atoms with Gasteiger partial charge in [0.05, 0.1) is 45.0 Å². The second kappa shape index (κ2) is 9.80. The van der Waals surface area contributed by atoms with E-state index in [0.29, 0.717) is 33.5 Å². The number of aryl methyl sites for hydroxylation is 1. The SMILES string of the molecule is Cc1nc(F)ccc1[C@H](Nc1cc(Cl)c2ncc(C#N)c(NCC(C)(C)C(F)(F)F)c2c1)c1cn(C23CC(C2)C3)nn1. The van der Waals surface area contributed by atoms with E-state index in [-0.39, 0.29) is 21.8 Å². The van der Waals surface area contributed by atoms with Gasteiger partial charge in [-0.1, -0.05) is 22.9 Å². The molecule has 0 spiro atoms. The van der Waals surface area contributed by atoms with Crippen LogP contribution >= 0.6 is 11.6 Å². The van der Waals surface area contributed by atoms with Crippen LogP contribution in [0.5, 0.6) is 0 Å². The summed E-state index contributed by atoms with van der Waals surface area (Å²) in [5.74, 6) is 0.125. The van der Waals surface area contributed by atoms with Gasteiger partial charge < -0.3 is 10.6 Å². The number of anilines is 2. The Morgan fingerprint density at radius 3 is 2.57 bits per heavy atom. The number of nitriles is 1. The second-order valence-corrected chi connectivity index (χ2v) is 12.3. The van der Waals surface area contributed by atoms with E-state index in [9.17, 15) is 22.8 Å². The fourth-order valence-corrected chi connectivity index (χ4v) is 5.97. The van der Waals surface area contributed by atoms with E-state index in [4.69, 9.17) is 11.6 Å². The summed E-state index contributed by atoms with van der Waals surface area (Å²) >= 11 is 6.63. The molecule has 2 bridgehead atoms. The van der Waals surface area contributed by atoms with Crippen LogP contribution in [0.3, 0.4) is 0 Å². The molecule has 2 N–H and O–H groups in total. The normalized spacial score (nSPS) is 20.4. The topological polar surface area (TPSA) is 104 Å². The van der Waals surface area contributed by atoms with Gasteiger partial charge in [-0.05, 0) is 64.2 Å². The summed E-state index contributed by atoms with van der Waals surface area (Å²) in [6.45, 7) is 3.38. The molecule has 13 heteroatoms. The number of benzene rings is 1. The van der Waals surface area contributed by atoms with E-state index in [1.807, 2.05) is 16.9 Å². The van der Waals surface area contributed by atoms with Crippen LogP contribution in [0, 0.1) is 35.5 Å². The van der Waals surface area contributed by atoms with Crippen LogP contribution in [-0.2, 0) is 5.54 Å². The lowest BCUT2D eigenvalue weighted by molar-refractivity contribution is -0.206. The van der Waals surface area contributed by atoms with Gasteiger partial charge in [0.1, 0.15) is 11.8 Å². The van der Waals surface area contributed by atoms with Crippen molar-refractivity contribution in [3.63, 3.8) is 0 Å². The van der Waals surface area contributed by atoms with Crippen molar-refractivity contribution >= 4 is 33.9 Å². The number of halogens is 5. The van der Waals surface area contributed by atoms with Gasteiger partial charge in [-0.2, -0.15) is 22.8 Å². The average molecular weight is 599 g/mol. The summed E-state index contributed by atoms with van der Waals surface area (Å²) in [6.07, 6.45) is 1.91. The second-order valence-electron chi connectivity index (χ2n) is 11.9. The van der Waals surface area contributed by atoms with Crippen molar-refractivity contribution in [3.8, 4) is 6.07 Å². The van der Waals surface area contributed by atoms with E-state index in [0.717, 1.165) is 39.0 Å². The summed E-state index contributed by atoms with van der Waals surface area (Å²) in [6, 6.07) is 7.59. The predicted octanol–water partition coefficient (Wildman–Crippen LogP) is 6.90. The fourth-order valence-electron chi connectivity index (χ4n) is 5.71. The summed E-state index contributed by atoms with van der Waals surface area (Å²) in [7, 11) is 0. The van der Waals surface area contributed by atoms with Crippen LogP contribution in [0.1, 0.15) is 61.7 Å². The van der Waals surface area contributed by atoms with Gasteiger partial charge in [-0.15, -0.1) is 5.10 Å². The number of rotatable bonds is 8. The maximum Gasteiger partial charge on any atom is 0.395 e. The monoisotopic (exact) mass is 598 g/mol. The Bertz CT molecular complexity index is 1730. The Balaban J connectivity index is 1.41. The summed E-state index contributed by atoms with van der Waals surface area (Å²) in [4.78, 5) is 8.28. The predicted molar refractivity (Wildman–Crippen MR) is 150 cm³/mol. The molecule has 218 valence electrons. The largest absolute Gasteiger partial charge is 0.395 e. The van der Waals surface area contributed by atoms with Crippen LogP contribution in [-0.4, -0.2) is 37.7 Å². The molecule has 3 heterocycles. The van der Waals surface area contributed by atoms with Crippen LogP contribution in [0.25, 0.3) is 10.9 Å². The Kier molecular flexibility index (Phi) is 6.57. The molecule has 42 heavy (non-hydrogen) atoms. The molecule has 3 aliphatic carbocycles. The Morgan fingerprint density at radius 1 is 1.21 bits per heavy atom. The van der Waals surface area contributed by atoms with Crippen LogP contribution in [0.15, 0.2) is 36.7 Å². The molecule has 0 radical (unpaired) electrons. The highest BCUT2D eigenvalue weighted by atomic mass is 35.5. The van der Waals surface area contributed by atoms with Crippen molar-refractivity contribution < 1.29 is 17.6 Å². The minimum absolute atomic E-state index is 0.00689. The molecule has 3 aromatic heterocycles. The van der Waals surface area contributed by atoms with Gasteiger partial charge in [0.15, 0.2) is 0 Å². The molecule has 1 aromatic carbocycles. The average Bonchev–Trinajstić information content (AvgIpc) is 3.33. The molecule has 1 atom stereocenters. The highest BCUT2D eigenvalue weighted by Gasteiger charge is 2.59. The molecule has 0 unspecified atom stereocenters.